The van der Waals surface area contributed by atoms with E-state index < -0.39 is 16.6 Å². The summed E-state index contributed by atoms with van der Waals surface area (Å²) >= 11 is 6.79. The van der Waals surface area contributed by atoms with Crippen molar-refractivity contribution in [3.05, 3.63) is 107 Å². The van der Waals surface area contributed by atoms with Gasteiger partial charge in [-0.25, -0.2) is 0 Å². The average Bonchev–Trinajstić information content (AvgIpc) is 2.68. The van der Waals surface area contributed by atoms with E-state index in [1.54, 1.807) is 0 Å². The molecule has 1 saturated heterocycles. The molecule has 0 amide bonds. The van der Waals surface area contributed by atoms with Crippen molar-refractivity contribution in [2.45, 2.75) is 17.1 Å². The van der Waals surface area contributed by atoms with Crippen LogP contribution in [0, 0.1) is 0 Å². The molecule has 28 heavy (non-hydrogen) atoms. The Bertz CT molecular complexity index is 878. The van der Waals surface area contributed by atoms with Gasteiger partial charge in [-0.2, -0.15) is 13.2 Å². The van der Waals surface area contributed by atoms with Crippen molar-refractivity contribution in [1.82, 2.24) is 4.90 Å². The third-order valence-corrected chi connectivity index (χ3v) is 5.69. The zero-order valence-electron chi connectivity index (χ0n) is 15.0. The van der Waals surface area contributed by atoms with Crippen molar-refractivity contribution in [2.75, 3.05) is 13.1 Å². The molecule has 0 N–H and O–H groups in total. The van der Waals surface area contributed by atoms with Crippen LogP contribution in [0.5, 0.6) is 0 Å². The average molecular weight is 402 g/mol. The van der Waals surface area contributed by atoms with Crippen molar-refractivity contribution in [2.24, 2.45) is 0 Å². The van der Waals surface area contributed by atoms with E-state index in [1.165, 1.54) is 23.3 Å². The van der Waals surface area contributed by atoms with E-state index in [4.69, 9.17) is 11.6 Å². The predicted molar refractivity (Wildman–Crippen MR) is 105 cm³/mol. The quantitative estimate of drug-likeness (QED) is 0.467. The van der Waals surface area contributed by atoms with Crippen molar-refractivity contribution in [3.63, 3.8) is 0 Å². The number of alkyl halides is 4. The maximum atomic E-state index is 12.8. The summed E-state index contributed by atoms with van der Waals surface area (Å²) in [6.07, 6.45) is -4.34. The first-order chi connectivity index (χ1) is 13.4. The van der Waals surface area contributed by atoms with Crippen LogP contribution < -0.4 is 0 Å². The molecule has 4 rings (SSSR count). The molecule has 1 heterocycles. The van der Waals surface area contributed by atoms with E-state index in [0.717, 1.165) is 17.7 Å². The van der Waals surface area contributed by atoms with Crippen LogP contribution in [0.1, 0.15) is 28.3 Å². The number of hydrogen-bond acceptors (Lipinski definition) is 1. The van der Waals surface area contributed by atoms with Gasteiger partial charge >= 0.3 is 6.18 Å². The number of nitrogens with zero attached hydrogens (tertiary/aromatic N) is 1. The molecule has 5 heteroatoms. The first-order valence-corrected chi connectivity index (χ1v) is 9.45. The smallest absolute Gasteiger partial charge is 0.288 e. The molecule has 1 nitrogen and oxygen atoms in total. The highest BCUT2D eigenvalue weighted by atomic mass is 35.5. The molecule has 0 bridgehead atoms. The molecule has 0 spiro atoms. The van der Waals surface area contributed by atoms with Crippen LogP contribution in [0.3, 0.4) is 0 Å². The van der Waals surface area contributed by atoms with Crippen LogP contribution in [-0.4, -0.2) is 18.0 Å². The highest BCUT2D eigenvalue weighted by Crippen LogP contribution is 2.45. The van der Waals surface area contributed by atoms with Gasteiger partial charge in [0.15, 0.2) is 0 Å². The fourth-order valence-electron chi connectivity index (χ4n) is 3.81. The van der Waals surface area contributed by atoms with Gasteiger partial charge in [0, 0.05) is 13.1 Å². The molecule has 0 saturated carbocycles. The Morgan fingerprint density at radius 1 is 0.750 bits per heavy atom. The summed E-state index contributed by atoms with van der Waals surface area (Å²) in [7, 11) is 0. The third-order valence-electron chi connectivity index (χ3n) is 5.23. The van der Waals surface area contributed by atoms with Crippen LogP contribution >= 0.6 is 11.6 Å². The van der Waals surface area contributed by atoms with Gasteiger partial charge in [0.25, 0.3) is 0 Å². The zero-order chi connectivity index (χ0) is 19.8. The topological polar surface area (TPSA) is 3.24 Å². The Morgan fingerprint density at radius 3 is 1.64 bits per heavy atom. The molecule has 3 aromatic carbocycles. The summed E-state index contributed by atoms with van der Waals surface area (Å²) in [5, 5.41) is 0. The minimum Gasteiger partial charge on any atom is -0.288 e. The minimum absolute atomic E-state index is 0.0590. The second kappa shape index (κ2) is 7.26. The molecule has 0 unspecified atom stereocenters. The van der Waals surface area contributed by atoms with Crippen molar-refractivity contribution in [3.8, 4) is 0 Å². The van der Waals surface area contributed by atoms with Crippen molar-refractivity contribution >= 4 is 11.6 Å². The normalized spacial score (nSPS) is 16.8. The Labute approximate surface area is 167 Å². The summed E-state index contributed by atoms with van der Waals surface area (Å²) in [4.78, 5) is 1.58. The molecular formula is C23H19ClF3N. The lowest BCUT2D eigenvalue weighted by Gasteiger charge is -2.50. The number of hydrogen-bond donors (Lipinski definition) is 0. The molecule has 0 aliphatic carbocycles. The number of rotatable bonds is 4. The van der Waals surface area contributed by atoms with Gasteiger partial charge in [-0.05, 0) is 28.8 Å². The van der Waals surface area contributed by atoms with E-state index in [9.17, 15) is 13.2 Å². The first-order valence-electron chi connectivity index (χ1n) is 9.07. The van der Waals surface area contributed by atoms with Gasteiger partial charge in [-0.1, -0.05) is 72.8 Å². The minimum atomic E-state index is -4.34. The van der Waals surface area contributed by atoms with Crippen LogP contribution in [-0.2, 0) is 11.1 Å². The maximum absolute atomic E-state index is 12.8. The lowest BCUT2D eigenvalue weighted by molar-refractivity contribution is -0.137. The summed E-state index contributed by atoms with van der Waals surface area (Å²) in [5.74, 6) is 0. The van der Waals surface area contributed by atoms with Gasteiger partial charge in [-0.3, -0.25) is 4.90 Å². The summed E-state index contributed by atoms with van der Waals surface area (Å²) in [5.41, 5.74) is 2.40. The Kier molecular flexibility index (Phi) is 4.94. The fourth-order valence-corrected chi connectivity index (χ4v) is 4.24. The number of likely N-dealkylation sites (tertiary alicyclic amines) is 1. The molecule has 1 aliphatic rings. The molecule has 1 fully saturated rings. The highest BCUT2D eigenvalue weighted by molar-refractivity contribution is 6.25. The van der Waals surface area contributed by atoms with E-state index in [2.05, 4.69) is 29.2 Å². The number of benzene rings is 3. The first kappa shape index (κ1) is 19.0. The molecular weight excluding hydrogens is 383 g/mol. The van der Waals surface area contributed by atoms with Crippen molar-refractivity contribution < 1.29 is 13.2 Å². The van der Waals surface area contributed by atoms with Gasteiger partial charge < -0.3 is 0 Å². The largest absolute Gasteiger partial charge is 0.416 e. The fraction of sp³-hybridized carbons (Fsp3) is 0.217. The van der Waals surface area contributed by atoms with Crippen LogP contribution in [0.4, 0.5) is 13.2 Å². The van der Waals surface area contributed by atoms with E-state index >= 15 is 0 Å². The second-order valence-electron chi connectivity index (χ2n) is 7.17. The van der Waals surface area contributed by atoms with Gasteiger partial charge in [0.1, 0.15) is 0 Å². The number of halogens is 4. The van der Waals surface area contributed by atoms with E-state index in [1.807, 2.05) is 36.4 Å². The Balaban J connectivity index is 1.57. The van der Waals surface area contributed by atoms with Gasteiger partial charge in [-0.15, -0.1) is 11.6 Å². The molecule has 3 aromatic rings. The highest BCUT2D eigenvalue weighted by Gasteiger charge is 2.46. The summed E-state index contributed by atoms with van der Waals surface area (Å²) in [6, 6.07) is 25.6. The van der Waals surface area contributed by atoms with Gasteiger partial charge in [0.2, 0.25) is 0 Å². The molecule has 1 aliphatic heterocycles. The second-order valence-corrected chi connectivity index (χ2v) is 7.89. The third kappa shape index (κ3) is 3.67. The Morgan fingerprint density at radius 2 is 1.21 bits per heavy atom. The summed E-state index contributed by atoms with van der Waals surface area (Å²) in [6.45, 7) is 1.13. The Hall–Kier alpha value is -2.30. The standard InChI is InChI=1S/C23H19ClF3N/c24-22(19-11-13-20(14-12-19)23(25,26)27)15-28(16-22)21(17-7-3-1-4-8-17)18-9-5-2-6-10-18/h1-14,21H,15-16H2. The van der Waals surface area contributed by atoms with E-state index in [0.29, 0.717) is 13.1 Å². The molecule has 0 aromatic heterocycles. The van der Waals surface area contributed by atoms with E-state index in [-0.39, 0.29) is 6.04 Å². The molecule has 0 atom stereocenters. The molecule has 0 radical (unpaired) electrons. The lowest BCUT2D eigenvalue weighted by Crippen LogP contribution is -2.57. The maximum Gasteiger partial charge on any atom is 0.416 e. The zero-order valence-corrected chi connectivity index (χ0v) is 15.8. The van der Waals surface area contributed by atoms with Crippen LogP contribution in [0.2, 0.25) is 0 Å². The van der Waals surface area contributed by atoms with Crippen molar-refractivity contribution in [1.29, 1.82) is 0 Å². The summed E-state index contributed by atoms with van der Waals surface area (Å²) < 4.78 is 38.4. The van der Waals surface area contributed by atoms with Crippen LogP contribution in [0.15, 0.2) is 84.9 Å². The lowest BCUT2D eigenvalue weighted by atomic mass is 9.85. The van der Waals surface area contributed by atoms with Gasteiger partial charge in [0.05, 0.1) is 16.5 Å². The monoisotopic (exact) mass is 401 g/mol. The van der Waals surface area contributed by atoms with Crippen LogP contribution in [0.25, 0.3) is 0 Å². The predicted octanol–water partition coefficient (Wildman–Crippen LogP) is 6.24. The SMILES string of the molecule is FC(F)(F)c1ccc(C2(Cl)CN(C(c3ccccc3)c3ccccc3)C2)cc1. The molecule has 144 valence electrons.